The minimum absolute atomic E-state index is 0.0291. The van der Waals surface area contributed by atoms with Gasteiger partial charge >= 0.3 is 6.03 Å². The molecule has 158 valence electrons. The molecule has 0 aromatic heterocycles. The van der Waals surface area contributed by atoms with Gasteiger partial charge in [-0.25, -0.2) is 22.5 Å². The summed E-state index contributed by atoms with van der Waals surface area (Å²) in [6.07, 6.45) is 0.797. The maximum atomic E-state index is 13.4. The van der Waals surface area contributed by atoms with Crippen molar-refractivity contribution >= 4 is 39.2 Å². The molecule has 0 spiro atoms. The Hall–Kier alpha value is -2.49. The molecule has 2 fully saturated rings. The number of nitrogens with zero attached hydrogens (tertiary/aromatic N) is 3. The van der Waals surface area contributed by atoms with Gasteiger partial charge in [-0.2, -0.15) is 4.31 Å². The monoisotopic (exact) mass is 451 g/mol. The van der Waals surface area contributed by atoms with E-state index in [4.69, 9.17) is 11.6 Å². The van der Waals surface area contributed by atoms with E-state index in [9.17, 15) is 22.4 Å². The molecule has 30 heavy (non-hydrogen) atoms. The minimum atomic E-state index is -3.82. The second kappa shape index (κ2) is 7.98. The molecule has 0 unspecified atom stereocenters. The zero-order valence-corrected chi connectivity index (χ0v) is 17.4. The summed E-state index contributed by atoms with van der Waals surface area (Å²) in [6.45, 7) is 0.343. The Balaban J connectivity index is 1.45. The van der Waals surface area contributed by atoms with Crippen LogP contribution in [-0.4, -0.2) is 55.2 Å². The highest BCUT2D eigenvalue weighted by Gasteiger charge is 2.42. The van der Waals surface area contributed by atoms with Crippen LogP contribution >= 0.6 is 11.6 Å². The van der Waals surface area contributed by atoms with Gasteiger partial charge in [0.2, 0.25) is 10.0 Å². The molecular formula is C20H19ClFN3O4S. The molecule has 0 aliphatic carbocycles. The van der Waals surface area contributed by atoms with Gasteiger partial charge in [-0.05, 0) is 43.2 Å². The number of hydrogen-bond acceptors (Lipinski definition) is 4. The fourth-order valence-electron chi connectivity index (χ4n) is 3.82. The molecule has 0 radical (unpaired) electrons. The van der Waals surface area contributed by atoms with Crippen molar-refractivity contribution in [3.05, 3.63) is 59.4 Å². The summed E-state index contributed by atoms with van der Waals surface area (Å²) < 4.78 is 40.3. The SMILES string of the molecule is O=C1CN(C2CCN(S(=O)(=O)c3ccc(F)c(Cl)c3)CC2)C(=O)N1c1ccccc1. The van der Waals surface area contributed by atoms with Crippen LogP contribution in [0.1, 0.15) is 12.8 Å². The lowest BCUT2D eigenvalue weighted by Gasteiger charge is -2.35. The van der Waals surface area contributed by atoms with Crippen LogP contribution in [0, 0.1) is 5.82 Å². The van der Waals surface area contributed by atoms with Crippen LogP contribution in [-0.2, 0) is 14.8 Å². The summed E-state index contributed by atoms with van der Waals surface area (Å²) in [5.41, 5.74) is 0.517. The first-order chi connectivity index (χ1) is 14.3. The van der Waals surface area contributed by atoms with Crippen molar-refractivity contribution in [2.45, 2.75) is 23.8 Å². The van der Waals surface area contributed by atoms with Crippen molar-refractivity contribution in [1.29, 1.82) is 0 Å². The zero-order chi connectivity index (χ0) is 21.5. The molecular weight excluding hydrogens is 433 g/mol. The summed E-state index contributed by atoms with van der Waals surface area (Å²) >= 11 is 5.72. The van der Waals surface area contributed by atoms with Gasteiger partial charge in [0.05, 0.1) is 15.6 Å². The third kappa shape index (κ3) is 3.68. The normalized spacial score (nSPS) is 19.0. The second-order valence-electron chi connectivity index (χ2n) is 7.19. The number of urea groups is 1. The highest BCUT2D eigenvalue weighted by Crippen LogP contribution is 2.29. The Morgan fingerprint density at radius 1 is 1.00 bits per heavy atom. The number of amides is 3. The van der Waals surface area contributed by atoms with Gasteiger partial charge < -0.3 is 4.90 Å². The van der Waals surface area contributed by atoms with Crippen LogP contribution in [0.5, 0.6) is 0 Å². The Morgan fingerprint density at radius 2 is 1.67 bits per heavy atom. The average molecular weight is 452 g/mol. The highest BCUT2D eigenvalue weighted by molar-refractivity contribution is 7.89. The van der Waals surface area contributed by atoms with E-state index < -0.39 is 21.9 Å². The van der Waals surface area contributed by atoms with Crippen molar-refractivity contribution in [3.63, 3.8) is 0 Å². The van der Waals surface area contributed by atoms with E-state index in [0.717, 1.165) is 17.0 Å². The molecule has 0 saturated carbocycles. The van der Waals surface area contributed by atoms with Crippen LogP contribution in [0.2, 0.25) is 5.02 Å². The highest BCUT2D eigenvalue weighted by atomic mass is 35.5. The number of imide groups is 1. The smallest absolute Gasteiger partial charge is 0.312 e. The molecule has 2 aromatic carbocycles. The van der Waals surface area contributed by atoms with Crippen molar-refractivity contribution < 1.29 is 22.4 Å². The molecule has 0 atom stereocenters. The molecule has 0 bridgehead atoms. The summed E-state index contributed by atoms with van der Waals surface area (Å²) in [6, 6.07) is 11.4. The lowest BCUT2D eigenvalue weighted by atomic mass is 10.1. The lowest BCUT2D eigenvalue weighted by molar-refractivity contribution is -0.116. The molecule has 2 saturated heterocycles. The summed E-state index contributed by atoms with van der Waals surface area (Å²) in [5, 5.41) is -0.256. The molecule has 10 heteroatoms. The lowest BCUT2D eigenvalue weighted by Crippen LogP contribution is -2.48. The number of sulfonamides is 1. The number of carbonyl (C=O) groups is 2. The third-order valence-corrected chi connectivity index (χ3v) is 7.58. The number of benzene rings is 2. The first-order valence-corrected chi connectivity index (χ1v) is 11.2. The average Bonchev–Trinajstić information content (AvgIpc) is 3.04. The molecule has 7 nitrogen and oxygen atoms in total. The Labute approximate surface area is 178 Å². The number of halogens is 2. The topological polar surface area (TPSA) is 78.0 Å². The molecule has 2 heterocycles. The van der Waals surface area contributed by atoms with E-state index >= 15 is 0 Å². The fraction of sp³-hybridized carbons (Fsp3) is 0.300. The number of para-hydroxylation sites is 1. The predicted molar refractivity (Wildman–Crippen MR) is 109 cm³/mol. The second-order valence-corrected chi connectivity index (χ2v) is 9.53. The van der Waals surface area contributed by atoms with E-state index in [0.29, 0.717) is 18.5 Å². The van der Waals surface area contributed by atoms with Gasteiger partial charge in [0.25, 0.3) is 5.91 Å². The van der Waals surface area contributed by atoms with E-state index in [1.54, 1.807) is 30.3 Å². The molecule has 0 N–H and O–H groups in total. The van der Waals surface area contributed by atoms with E-state index in [1.165, 1.54) is 15.3 Å². The summed E-state index contributed by atoms with van der Waals surface area (Å²) in [7, 11) is -3.82. The van der Waals surface area contributed by atoms with Gasteiger partial charge in [0.15, 0.2) is 0 Å². The van der Waals surface area contributed by atoms with Crippen molar-refractivity contribution in [1.82, 2.24) is 9.21 Å². The fourth-order valence-corrected chi connectivity index (χ4v) is 5.56. The number of piperidine rings is 1. The maximum Gasteiger partial charge on any atom is 0.332 e. The van der Waals surface area contributed by atoms with Crippen molar-refractivity contribution in [3.8, 4) is 0 Å². The van der Waals surface area contributed by atoms with Crippen LogP contribution in [0.3, 0.4) is 0 Å². The first kappa shape index (κ1) is 20.8. The van der Waals surface area contributed by atoms with Gasteiger partial charge in [0.1, 0.15) is 12.4 Å². The summed E-state index contributed by atoms with van der Waals surface area (Å²) in [4.78, 5) is 27.8. The standard InChI is InChI=1S/C20H19ClFN3O4S/c21-17-12-16(6-7-18(17)22)30(28,29)23-10-8-14(9-11-23)24-13-19(26)25(20(24)27)15-4-2-1-3-5-15/h1-7,12,14H,8-11,13H2. The molecule has 2 aliphatic heterocycles. The predicted octanol–water partition coefficient (Wildman–Crippen LogP) is 3.10. The van der Waals surface area contributed by atoms with Gasteiger partial charge in [-0.1, -0.05) is 29.8 Å². The van der Waals surface area contributed by atoms with Crippen LogP contribution in [0.15, 0.2) is 53.4 Å². The van der Waals surface area contributed by atoms with Gasteiger partial charge in [-0.3, -0.25) is 4.79 Å². The Morgan fingerprint density at radius 3 is 2.30 bits per heavy atom. The van der Waals surface area contributed by atoms with Crippen molar-refractivity contribution in [2.75, 3.05) is 24.5 Å². The molecule has 3 amide bonds. The van der Waals surface area contributed by atoms with Crippen LogP contribution in [0.4, 0.5) is 14.9 Å². The number of carbonyl (C=O) groups excluding carboxylic acids is 2. The number of hydrogen-bond donors (Lipinski definition) is 0. The van der Waals surface area contributed by atoms with Crippen molar-refractivity contribution in [2.24, 2.45) is 0 Å². The molecule has 4 rings (SSSR count). The van der Waals surface area contributed by atoms with Gasteiger partial charge in [-0.15, -0.1) is 0 Å². The minimum Gasteiger partial charge on any atom is -0.312 e. The first-order valence-electron chi connectivity index (χ1n) is 9.43. The van der Waals surface area contributed by atoms with E-state index in [1.807, 2.05) is 0 Å². The van der Waals surface area contributed by atoms with Crippen LogP contribution < -0.4 is 4.90 Å². The number of rotatable bonds is 4. The number of anilines is 1. The Bertz CT molecular complexity index is 1090. The van der Waals surface area contributed by atoms with Gasteiger partial charge in [0, 0.05) is 19.1 Å². The largest absolute Gasteiger partial charge is 0.332 e. The van der Waals surface area contributed by atoms with Crippen LogP contribution in [0.25, 0.3) is 0 Å². The third-order valence-electron chi connectivity index (χ3n) is 5.40. The maximum absolute atomic E-state index is 13.4. The Kier molecular flexibility index (Phi) is 5.52. The molecule has 2 aliphatic rings. The summed E-state index contributed by atoms with van der Waals surface area (Å²) in [5.74, 6) is -0.989. The quantitative estimate of drug-likeness (QED) is 0.669. The van der Waals surface area contributed by atoms with E-state index in [2.05, 4.69) is 0 Å². The van der Waals surface area contributed by atoms with E-state index in [-0.39, 0.29) is 41.5 Å². The molecule has 2 aromatic rings. The zero-order valence-electron chi connectivity index (χ0n) is 15.9.